The highest BCUT2D eigenvalue weighted by atomic mass is 28.3. The van der Waals surface area contributed by atoms with Crippen LogP contribution in [-0.2, 0) is 11.3 Å². The molecule has 1 aromatic carbocycles. The molecule has 1 aliphatic rings. The Morgan fingerprint density at radius 3 is 2.33 bits per heavy atom. The summed E-state index contributed by atoms with van der Waals surface area (Å²) in [5.74, 6) is 0. The average Bonchev–Trinajstić information content (AvgIpc) is 2.46. The van der Waals surface area contributed by atoms with E-state index in [0.717, 1.165) is 23.9 Å². The third-order valence-corrected chi connectivity index (χ3v) is 7.51. The zero-order valence-corrected chi connectivity index (χ0v) is 14.4. The zero-order valence-electron chi connectivity index (χ0n) is 13.4. The van der Waals surface area contributed by atoms with Gasteiger partial charge >= 0.3 is 6.09 Å². The lowest BCUT2D eigenvalue weighted by molar-refractivity contribution is 0.133. The van der Waals surface area contributed by atoms with Crippen molar-refractivity contribution in [2.75, 3.05) is 0 Å². The molecule has 0 saturated heterocycles. The molecular formula is C17H27NO2Si. The molecule has 0 unspecified atom stereocenters. The van der Waals surface area contributed by atoms with Gasteiger partial charge in [0.2, 0.25) is 0 Å². The lowest BCUT2D eigenvalue weighted by Crippen LogP contribution is -2.40. The summed E-state index contributed by atoms with van der Waals surface area (Å²) in [6.07, 6.45) is 4.40. The normalized spacial score (nSPS) is 22.6. The molecule has 0 heterocycles. The number of amides is 1. The smallest absolute Gasteiger partial charge is 0.407 e. The number of benzene rings is 1. The van der Waals surface area contributed by atoms with Crippen molar-refractivity contribution in [2.24, 2.45) is 0 Å². The summed E-state index contributed by atoms with van der Waals surface area (Å²) in [4.78, 5) is 11.8. The largest absolute Gasteiger partial charge is 0.445 e. The van der Waals surface area contributed by atoms with E-state index in [0.29, 0.717) is 12.6 Å². The average molecular weight is 305 g/mol. The summed E-state index contributed by atoms with van der Waals surface area (Å²) in [6.45, 7) is 7.68. The number of ether oxygens (including phenoxy) is 1. The van der Waals surface area contributed by atoms with Crippen molar-refractivity contribution < 1.29 is 9.53 Å². The molecule has 0 aliphatic heterocycles. The number of carbonyl (C=O) groups is 1. The Kier molecular flexibility index (Phi) is 5.45. The van der Waals surface area contributed by atoms with Crippen molar-refractivity contribution in [3.8, 4) is 0 Å². The molecule has 2 rings (SSSR count). The fourth-order valence-corrected chi connectivity index (χ4v) is 5.10. The van der Waals surface area contributed by atoms with Gasteiger partial charge in [-0.15, -0.1) is 0 Å². The molecule has 0 radical (unpaired) electrons. The maximum atomic E-state index is 11.8. The first kappa shape index (κ1) is 16.1. The Hall–Kier alpha value is -1.29. The quantitative estimate of drug-likeness (QED) is 0.828. The highest BCUT2D eigenvalue weighted by Gasteiger charge is 2.31. The van der Waals surface area contributed by atoms with Gasteiger partial charge in [0.25, 0.3) is 0 Å². The fourth-order valence-electron chi connectivity index (χ4n) is 3.04. The van der Waals surface area contributed by atoms with Crippen molar-refractivity contribution in [1.29, 1.82) is 0 Å². The third kappa shape index (κ3) is 5.19. The molecule has 1 fully saturated rings. The van der Waals surface area contributed by atoms with Gasteiger partial charge < -0.3 is 10.1 Å². The van der Waals surface area contributed by atoms with Crippen LogP contribution in [0, 0.1) is 0 Å². The van der Waals surface area contributed by atoms with Gasteiger partial charge in [-0.2, -0.15) is 0 Å². The topological polar surface area (TPSA) is 38.3 Å². The van der Waals surface area contributed by atoms with E-state index >= 15 is 0 Å². The van der Waals surface area contributed by atoms with Gasteiger partial charge in [0.05, 0.1) is 0 Å². The van der Waals surface area contributed by atoms with Crippen molar-refractivity contribution in [3.63, 3.8) is 0 Å². The SMILES string of the molecule is C[Si](C)(C)[C@H]1CC[C@@H](NC(=O)OCc2ccccc2)CC1. The number of hydrogen-bond donors (Lipinski definition) is 1. The van der Waals surface area contributed by atoms with E-state index in [1.54, 1.807) is 0 Å². The lowest BCUT2D eigenvalue weighted by atomic mass is 9.95. The van der Waals surface area contributed by atoms with E-state index in [9.17, 15) is 4.79 Å². The lowest BCUT2D eigenvalue weighted by Gasteiger charge is -2.35. The molecule has 116 valence electrons. The molecule has 0 aromatic heterocycles. The highest BCUT2D eigenvalue weighted by molar-refractivity contribution is 6.77. The summed E-state index contributed by atoms with van der Waals surface area (Å²) in [6, 6.07) is 10.1. The molecule has 0 atom stereocenters. The van der Waals surface area contributed by atoms with Gasteiger partial charge in [-0.05, 0) is 23.9 Å². The number of rotatable bonds is 4. The Morgan fingerprint density at radius 1 is 1.14 bits per heavy atom. The minimum atomic E-state index is -1.03. The Morgan fingerprint density at radius 2 is 1.76 bits per heavy atom. The van der Waals surface area contributed by atoms with E-state index < -0.39 is 8.07 Å². The maximum absolute atomic E-state index is 11.8. The van der Waals surface area contributed by atoms with Gasteiger partial charge in [-0.25, -0.2) is 4.79 Å². The first-order valence-electron chi connectivity index (χ1n) is 7.92. The summed E-state index contributed by atoms with van der Waals surface area (Å²) >= 11 is 0. The van der Waals surface area contributed by atoms with Crippen LogP contribution >= 0.6 is 0 Å². The second kappa shape index (κ2) is 7.12. The standard InChI is InChI=1S/C17H27NO2Si/c1-21(2,3)16-11-9-15(10-12-16)18-17(19)20-13-14-7-5-4-6-8-14/h4-8,15-16H,9-13H2,1-3H3,(H,18,19)/t15-,16+. The van der Waals surface area contributed by atoms with E-state index in [1.807, 2.05) is 30.3 Å². The van der Waals surface area contributed by atoms with Crippen LogP contribution in [0.5, 0.6) is 0 Å². The van der Waals surface area contributed by atoms with Gasteiger partial charge in [-0.3, -0.25) is 0 Å². The highest BCUT2D eigenvalue weighted by Crippen LogP contribution is 2.36. The Labute approximate surface area is 129 Å². The molecule has 1 N–H and O–H groups in total. The zero-order chi connectivity index (χ0) is 15.3. The maximum Gasteiger partial charge on any atom is 0.407 e. The molecule has 0 spiro atoms. The predicted octanol–water partition coefficient (Wildman–Crippen LogP) is 4.56. The number of nitrogens with one attached hydrogen (secondary N) is 1. The van der Waals surface area contributed by atoms with E-state index in [1.165, 1.54) is 12.8 Å². The summed E-state index contributed by atoms with van der Waals surface area (Å²) in [7, 11) is -1.03. The minimum Gasteiger partial charge on any atom is -0.445 e. The molecule has 0 bridgehead atoms. The van der Waals surface area contributed by atoms with Crippen molar-refractivity contribution >= 4 is 14.2 Å². The molecule has 1 aliphatic carbocycles. The number of carbonyl (C=O) groups excluding carboxylic acids is 1. The molecule has 4 heteroatoms. The number of alkyl carbamates (subject to hydrolysis) is 1. The molecule has 21 heavy (non-hydrogen) atoms. The van der Waals surface area contributed by atoms with E-state index in [4.69, 9.17) is 4.74 Å². The van der Waals surface area contributed by atoms with Crippen LogP contribution < -0.4 is 5.32 Å². The summed E-state index contributed by atoms with van der Waals surface area (Å²) in [5.41, 5.74) is 1.92. The molecular weight excluding hydrogens is 278 g/mol. The van der Waals surface area contributed by atoms with Gasteiger partial charge in [0, 0.05) is 14.1 Å². The molecule has 1 aromatic rings. The van der Waals surface area contributed by atoms with Crippen LogP contribution in [-0.4, -0.2) is 20.2 Å². The molecule has 1 amide bonds. The van der Waals surface area contributed by atoms with E-state index in [2.05, 4.69) is 25.0 Å². The van der Waals surface area contributed by atoms with Crippen molar-refractivity contribution in [2.45, 2.75) is 63.5 Å². The summed E-state index contributed by atoms with van der Waals surface area (Å²) < 4.78 is 5.28. The van der Waals surface area contributed by atoms with Crippen LogP contribution in [0.3, 0.4) is 0 Å². The van der Waals surface area contributed by atoms with E-state index in [-0.39, 0.29) is 6.09 Å². The monoisotopic (exact) mass is 305 g/mol. The van der Waals surface area contributed by atoms with Gasteiger partial charge in [0.15, 0.2) is 0 Å². The number of hydrogen-bond acceptors (Lipinski definition) is 2. The van der Waals surface area contributed by atoms with Gasteiger partial charge in [-0.1, -0.05) is 62.8 Å². The first-order chi connectivity index (χ1) is 9.95. The first-order valence-corrected chi connectivity index (χ1v) is 11.5. The minimum absolute atomic E-state index is 0.282. The third-order valence-electron chi connectivity index (χ3n) is 4.49. The second-order valence-electron chi connectivity index (χ2n) is 7.12. The van der Waals surface area contributed by atoms with Crippen molar-refractivity contribution in [3.05, 3.63) is 35.9 Å². The molecule has 3 nitrogen and oxygen atoms in total. The predicted molar refractivity (Wildman–Crippen MR) is 89.1 cm³/mol. The van der Waals surface area contributed by atoms with Crippen LogP contribution in [0.4, 0.5) is 4.79 Å². The fraction of sp³-hybridized carbons (Fsp3) is 0.588. The van der Waals surface area contributed by atoms with Crippen LogP contribution in [0.1, 0.15) is 31.2 Å². The Bertz CT molecular complexity index is 448. The molecule has 1 saturated carbocycles. The van der Waals surface area contributed by atoms with Crippen LogP contribution in [0.15, 0.2) is 30.3 Å². The van der Waals surface area contributed by atoms with Crippen LogP contribution in [0.2, 0.25) is 25.2 Å². The van der Waals surface area contributed by atoms with Crippen molar-refractivity contribution in [1.82, 2.24) is 5.32 Å². The Balaban J connectivity index is 1.70. The van der Waals surface area contributed by atoms with Gasteiger partial charge in [0.1, 0.15) is 6.61 Å². The summed E-state index contributed by atoms with van der Waals surface area (Å²) in [5, 5.41) is 3.02. The van der Waals surface area contributed by atoms with Crippen LogP contribution in [0.25, 0.3) is 0 Å². The second-order valence-corrected chi connectivity index (χ2v) is 12.7.